The van der Waals surface area contributed by atoms with Gasteiger partial charge in [0.25, 0.3) is 10.1 Å². The summed E-state index contributed by atoms with van der Waals surface area (Å²) in [6, 6.07) is 6.65. The summed E-state index contributed by atoms with van der Waals surface area (Å²) in [5, 5.41) is 16.8. The van der Waals surface area contributed by atoms with Crippen molar-refractivity contribution in [1.29, 1.82) is 0 Å². The quantitative estimate of drug-likeness (QED) is 0.594. The van der Waals surface area contributed by atoms with E-state index in [4.69, 9.17) is 28.6 Å². The summed E-state index contributed by atoms with van der Waals surface area (Å²) in [6.45, 7) is 6.29. The van der Waals surface area contributed by atoms with Crippen molar-refractivity contribution in [3.05, 3.63) is 29.8 Å². The fraction of sp³-hybridized carbons (Fsp3) is 0.682. The second kappa shape index (κ2) is 13.9. The predicted octanol–water partition coefficient (Wildman–Crippen LogP) is 1.86. The summed E-state index contributed by atoms with van der Waals surface area (Å²) in [6.07, 6.45) is 2.58. The van der Waals surface area contributed by atoms with Crippen LogP contribution in [-0.4, -0.2) is 77.5 Å². The van der Waals surface area contributed by atoms with Crippen molar-refractivity contribution >= 4 is 16.1 Å². The molecule has 3 fully saturated rings. The molecule has 1 aromatic rings. The Balaban J connectivity index is 0.000000199. The number of aliphatic carboxylic acids is 1. The van der Waals surface area contributed by atoms with Gasteiger partial charge in [0.05, 0.1) is 37.2 Å². The van der Waals surface area contributed by atoms with E-state index in [0.717, 1.165) is 31.6 Å². The molecule has 9 nitrogen and oxygen atoms in total. The summed E-state index contributed by atoms with van der Waals surface area (Å²) in [5.41, 5.74) is 1.02. The summed E-state index contributed by atoms with van der Waals surface area (Å²) < 4.78 is 43.7. The van der Waals surface area contributed by atoms with Gasteiger partial charge < -0.3 is 24.4 Å². The van der Waals surface area contributed by atoms with Gasteiger partial charge in [-0.15, -0.1) is 0 Å². The number of carboxylic acid groups (broad SMARTS) is 1. The maximum Gasteiger partial charge on any atom is 0.308 e. The molecule has 0 aliphatic carbocycles. The minimum absolute atomic E-state index is 0.190. The number of aliphatic hydroxyl groups is 1. The van der Waals surface area contributed by atoms with Crippen molar-refractivity contribution in [2.24, 2.45) is 17.8 Å². The third kappa shape index (κ3) is 9.51. The Kier molecular flexibility index (Phi) is 11.6. The molecule has 2 N–H and O–H groups in total. The molecule has 0 unspecified atom stereocenters. The number of benzene rings is 1. The summed E-state index contributed by atoms with van der Waals surface area (Å²) in [7, 11) is -3.62. The Hall–Kier alpha value is -1.56. The summed E-state index contributed by atoms with van der Waals surface area (Å²) in [4.78, 5) is 10.3. The Morgan fingerprint density at radius 1 is 0.969 bits per heavy atom. The molecule has 3 atom stereocenters. The lowest BCUT2D eigenvalue weighted by atomic mass is 10.1. The van der Waals surface area contributed by atoms with E-state index in [0.29, 0.717) is 45.4 Å². The van der Waals surface area contributed by atoms with Crippen LogP contribution in [0.3, 0.4) is 0 Å². The number of aliphatic hydroxyl groups excluding tert-OH is 1. The molecule has 182 valence electrons. The highest BCUT2D eigenvalue weighted by atomic mass is 32.2. The molecule has 0 saturated carbocycles. The third-order valence-corrected chi connectivity index (χ3v) is 6.65. The zero-order chi connectivity index (χ0) is 23.4. The molecule has 0 amide bonds. The molecule has 3 saturated heterocycles. The molecule has 0 spiro atoms. The molecular formula is C22H34O9S. The first-order chi connectivity index (χ1) is 15.3. The van der Waals surface area contributed by atoms with Gasteiger partial charge in [-0.05, 0) is 38.3 Å². The van der Waals surface area contributed by atoms with E-state index >= 15 is 0 Å². The number of ether oxygens (including phenoxy) is 3. The summed E-state index contributed by atoms with van der Waals surface area (Å²) >= 11 is 0. The van der Waals surface area contributed by atoms with Crippen LogP contribution in [0.4, 0.5) is 0 Å². The van der Waals surface area contributed by atoms with E-state index in [1.165, 1.54) is 0 Å². The molecule has 4 rings (SSSR count). The van der Waals surface area contributed by atoms with E-state index in [1.807, 2.05) is 6.92 Å². The summed E-state index contributed by atoms with van der Waals surface area (Å²) in [5.74, 6) is -0.354. The molecule has 1 aromatic carbocycles. The number of hydrogen-bond donors (Lipinski definition) is 2. The number of aryl methyl sites for hydroxylation is 1. The van der Waals surface area contributed by atoms with Crippen LogP contribution in [0.25, 0.3) is 0 Å². The fourth-order valence-electron chi connectivity index (χ4n) is 3.13. The van der Waals surface area contributed by atoms with E-state index in [2.05, 4.69) is 0 Å². The SMILES string of the molecule is Cc1ccc(S(=O)(=O)OC[C@H]2CCOC2)cc1.O=C(O)[C@H]1CCOC1.OC[C@H]1CCOC1. The average Bonchev–Trinajstić information content (AvgIpc) is 3.57. The van der Waals surface area contributed by atoms with Crippen LogP contribution in [0.2, 0.25) is 0 Å². The van der Waals surface area contributed by atoms with Crippen LogP contribution in [0.15, 0.2) is 29.2 Å². The van der Waals surface area contributed by atoms with Gasteiger partial charge in [-0.2, -0.15) is 8.42 Å². The van der Waals surface area contributed by atoms with Gasteiger partial charge in [0, 0.05) is 38.3 Å². The Labute approximate surface area is 189 Å². The Bertz CT molecular complexity index is 761. The maximum absolute atomic E-state index is 11.8. The predicted molar refractivity (Wildman–Crippen MR) is 116 cm³/mol. The van der Waals surface area contributed by atoms with Crippen molar-refractivity contribution in [2.45, 2.75) is 31.1 Å². The molecule has 3 aliphatic heterocycles. The molecule has 3 heterocycles. The van der Waals surface area contributed by atoms with Crippen molar-refractivity contribution in [1.82, 2.24) is 0 Å². The first-order valence-electron chi connectivity index (χ1n) is 10.8. The molecule has 0 radical (unpaired) electrons. The van der Waals surface area contributed by atoms with E-state index in [-0.39, 0.29) is 23.3 Å². The van der Waals surface area contributed by atoms with Crippen molar-refractivity contribution < 1.29 is 41.8 Å². The Morgan fingerprint density at radius 3 is 1.94 bits per heavy atom. The van der Waals surface area contributed by atoms with Crippen molar-refractivity contribution in [2.75, 3.05) is 52.9 Å². The van der Waals surface area contributed by atoms with Crippen LogP contribution in [0.1, 0.15) is 24.8 Å². The van der Waals surface area contributed by atoms with Crippen LogP contribution >= 0.6 is 0 Å². The second-order valence-electron chi connectivity index (χ2n) is 8.09. The van der Waals surface area contributed by atoms with Gasteiger partial charge in [-0.1, -0.05) is 17.7 Å². The lowest BCUT2D eigenvalue weighted by molar-refractivity contribution is -0.141. The molecule has 0 aromatic heterocycles. The molecule has 32 heavy (non-hydrogen) atoms. The number of carbonyl (C=O) groups is 1. The fourth-order valence-corrected chi connectivity index (χ4v) is 4.11. The van der Waals surface area contributed by atoms with Crippen molar-refractivity contribution in [3.8, 4) is 0 Å². The first kappa shape index (κ1) is 26.7. The largest absolute Gasteiger partial charge is 0.481 e. The third-order valence-electron chi connectivity index (χ3n) is 5.35. The topological polar surface area (TPSA) is 129 Å². The first-order valence-corrected chi connectivity index (χ1v) is 12.3. The van der Waals surface area contributed by atoms with Gasteiger partial charge in [-0.3, -0.25) is 8.98 Å². The van der Waals surface area contributed by atoms with Crippen LogP contribution in [-0.2, 0) is 33.3 Å². The van der Waals surface area contributed by atoms with E-state index in [1.54, 1.807) is 24.3 Å². The minimum Gasteiger partial charge on any atom is -0.481 e. The zero-order valence-corrected chi connectivity index (χ0v) is 19.3. The smallest absolute Gasteiger partial charge is 0.308 e. The van der Waals surface area contributed by atoms with Gasteiger partial charge in [-0.25, -0.2) is 0 Å². The van der Waals surface area contributed by atoms with Crippen molar-refractivity contribution in [3.63, 3.8) is 0 Å². The standard InChI is InChI=1S/C12H16O4S.C5H8O3.C5H10O2/c1-10-2-4-12(5-3-10)17(13,14)16-9-11-6-7-15-8-11;6-5(7)4-1-2-8-3-4;6-3-5-1-2-7-4-5/h2-5,11H,6-9H2,1H3;4H,1-3H2,(H,6,7);5-6H,1-4H2/t11-;4-;5-/m001/s1. The molecule has 0 bridgehead atoms. The Morgan fingerprint density at radius 2 is 1.53 bits per heavy atom. The highest BCUT2D eigenvalue weighted by Gasteiger charge is 2.22. The van der Waals surface area contributed by atoms with Crippen LogP contribution < -0.4 is 0 Å². The average molecular weight is 475 g/mol. The molecule has 10 heteroatoms. The van der Waals surface area contributed by atoms with Gasteiger partial charge in [0.15, 0.2) is 0 Å². The minimum atomic E-state index is -3.62. The van der Waals surface area contributed by atoms with Gasteiger partial charge in [0.1, 0.15) is 0 Å². The monoisotopic (exact) mass is 474 g/mol. The lowest BCUT2D eigenvalue weighted by Crippen LogP contribution is -2.14. The van der Waals surface area contributed by atoms with Gasteiger partial charge >= 0.3 is 5.97 Å². The maximum atomic E-state index is 11.8. The van der Waals surface area contributed by atoms with E-state index in [9.17, 15) is 13.2 Å². The number of rotatable bonds is 6. The number of carboxylic acids is 1. The molecule has 3 aliphatic rings. The van der Waals surface area contributed by atoms with E-state index < -0.39 is 16.1 Å². The van der Waals surface area contributed by atoms with Gasteiger partial charge in [0.2, 0.25) is 0 Å². The van der Waals surface area contributed by atoms with Crippen LogP contribution in [0.5, 0.6) is 0 Å². The lowest BCUT2D eigenvalue weighted by Gasteiger charge is -2.09. The van der Waals surface area contributed by atoms with Crippen LogP contribution in [0, 0.1) is 24.7 Å². The second-order valence-corrected chi connectivity index (χ2v) is 9.71. The highest BCUT2D eigenvalue weighted by molar-refractivity contribution is 7.86. The molecular weight excluding hydrogens is 440 g/mol. The normalized spacial score (nSPS) is 24.9. The highest BCUT2D eigenvalue weighted by Crippen LogP contribution is 2.18. The zero-order valence-electron chi connectivity index (χ0n) is 18.5. The number of hydrogen-bond acceptors (Lipinski definition) is 8.